The molecule has 3 aromatic rings. The molecule has 0 aliphatic carbocycles. The van der Waals surface area contributed by atoms with Gasteiger partial charge in [-0.1, -0.05) is 23.9 Å². The molecule has 0 unspecified atom stereocenters. The number of imidazole rings is 1. The predicted octanol–water partition coefficient (Wildman–Crippen LogP) is 4.49. The number of nitrogens with one attached hydrogen (secondary N) is 1. The minimum Gasteiger partial charge on any atom is -0.494 e. The summed E-state index contributed by atoms with van der Waals surface area (Å²) in [7, 11) is 0. The maximum Gasteiger partial charge on any atom is 0.253 e. The minimum atomic E-state index is 0.147. The maximum atomic E-state index is 12.4. The summed E-state index contributed by atoms with van der Waals surface area (Å²) in [6, 6.07) is 13.8. The zero-order chi connectivity index (χ0) is 18.6. The van der Waals surface area contributed by atoms with Crippen LogP contribution in [0.1, 0.15) is 35.7 Å². The van der Waals surface area contributed by atoms with Gasteiger partial charge in [-0.3, -0.25) is 4.79 Å². The number of H-pyrrole nitrogens is 1. The normalized spacial score (nSPS) is 14.0. The van der Waals surface area contributed by atoms with Gasteiger partial charge in [0.25, 0.3) is 5.91 Å². The Morgan fingerprint density at radius 2 is 1.96 bits per heavy atom. The molecule has 1 aromatic heterocycles. The second kappa shape index (κ2) is 8.05. The summed E-state index contributed by atoms with van der Waals surface area (Å²) in [5.74, 6) is 1.80. The molecule has 0 bridgehead atoms. The number of fused-ring (bicyclic) bond motifs is 1. The van der Waals surface area contributed by atoms with Crippen LogP contribution in [0, 0.1) is 0 Å². The molecule has 1 saturated heterocycles. The number of likely N-dealkylation sites (tertiary alicyclic amines) is 1. The van der Waals surface area contributed by atoms with Crippen LogP contribution in [0.2, 0.25) is 0 Å². The third kappa shape index (κ3) is 4.11. The van der Waals surface area contributed by atoms with Crippen LogP contribution < -0.4 is 4.74 Å². The van der Waals surface area contributed by atoms with Crippen molar-refractivity contribution in [2.45, 2.75) is 30.7 Å². The zero-order valence-corrected chi connectivity index (χ0v) is 16.2. The fourth-order valence-electron chi connectivity index (χ4n) is 3.29. The van der Waals surface area contributed by atoms with E-state index in [1.807, 2.05) is 54.3 Å². The highest BCUT2D eigenvalue weighted by Gasteiger charge is 2.19. The number of ether oxygens (including phenoxy) is 1. The molecule has 0 spiro atoms. The van der Waals surface area contributed by atoms with Gasteiger partial charge in [-0.2, -0.15) is 0 Å². The quantitative estimate of drug-likeness (QED) is 0.639. The van der Waals surface area contributed by atoms with E-state index < -0.39 is 0 Å². The Labute approximate surface area is 163 Å². The van der Waals surface area contributed by atoms with Crippen molar-refractivity contribution >= 4 is 28.7 Å². The number of aromatic nitrogens is 2. The van der Waals surface area contributed by atoms with E-state index in [2.05, 4.69) is 9.97 Å². The highest BCUT2D eigenvalue weighted by atomic mass is 32.2. The Balaban J connectivity index is 1.39. The molecular weight excluding hydrogens is 358 g/mol. The van der Waals surface area contributed by atoms with E-state index in [0.29, 0.717) is 6.61 Å². The van der Waals surface area contributed by atoms with E-state index in [-0.39, 0.29) is 5.91 Å². The highest BCUT2D eigenvalue weighted by molar-refractivity contribution is 7.98. The average molecular weight is 382 g/mol. The lowest BCUT2D eigenvalue weighted by molar-refractivity contribution is 0.0793. The number of amides is 1. The van der Waals surface area contributed by atoms with Crippen LogP contribution in [-0.2, 0) is 5.75 Å². The Morgan fingerprint density at radius 1 is 1.19 bits per heavy atom. The lowest BCUT2D eigenvalue weighted by atomic mass is 10.1. The molecule has 4 rings (SSSR count). The van der Waals surface area contributed by atoms with Gasteiger partial charge in [0.1, 0.15) is 5.75 Å². The van der Waals surface area contributed by atoms with Crippen LogP contribution >= 0.6 is 11.8 Å². The van der Waals surface area contributed by atoms with Crippen molar-refractivity contribution in [1.29, 1.82) is 0 Å². The Kier molecular flexibility index (Phi) is 5.34. The third-order valence-corrected chi connectivity index (χ3v) is 5.66. The Morgan fingerprint density at radius 3 is 2.70 bits per heavy atom. The van der Waals surface area contributed by atoms with Gasteiger partial charge < -0.3 is 14.6 Å². The molecule has 1 aliphatic heterocycles. The summed E-state index contributed by atoms with van der Waals surface area (Å²) in [6.45, 7) is 4.39. The molecule has 0 atom stereocenters. The van der Waals surface area contributed by atoms with Crippen LogP contribution in [0.25, 0.3) is 11.0 Å². The molecule has 140 valence electrons. The van der Waals surface area contributed by atoms with E-state index >= 15 is 0 Å². The molecule has 0 radical (unpaired) electrons. The topological polar surface area (TPSA) is 58.2 Å². The molecule has 2 heterocycles. The average Bonchev–Trinajstić information content (AvgIpc) is 3.36. The summed E-state index contributed by atoms with van der Waals surface area (Å²) in [6.07, 6.45) is 2.23. The first-order chi connectivity index (χ1) is 13.2. The second-order valence-electron chi connectivity index (χ2n) is 6.64. The molecular formula is C21H23N3O2S. The molecule has 27 heavy (non-hydrogen) atoms. The van der Waals surface area contributed by atoms with Gasteiger partial charge >= 0.3 is 0 Å². The van der Waals surface area contributed by atoms with Gasteiger partial charge in [-0.15, -0.1) is 0 Å². The number of hydrogen-bond donors (Lipinski definition) is 1. The van der Waals surface area contributed by atoms with Crippen LogP contribution in [0.5, 0.6) is 5.75 Å². The number of rotatable bonds is 6. The molecule has 0 saturated carbocycles. The van der Waals surface area contributed by atoms with Crippen LogP contribution in [-0.4, -0.2) is 40.5 Å². The number of aromatic amines is 1. The van der Waals surface area contributed by atoms with Crippen LogP contribution in [0.3, 0.4) is 0 Å². The van der Waals surface area contributed by atoms with Crippen molar-refractivity contribution in [3.05, 3.63) is 53.6 Å². The van der Waals surface area contributed by atoms with Crippen molar-refractivity contribution < 1.29 is 9.53 Å². The molecule has 1 amide bonds. The zero-order valence-electron chi connectivity index (χ0n) is 15.4. The fraction of sp³-hybridized carbons (Fsp3) is 0.333. The fourth-order valence-corrected chi connectivity index (χ4v) is 4.13. The van der Waals surface area contributed by atoms with Gasteiger partial charge in [0.05, 0.1) is 17.6 Å². The number of nitrogens with zero attached hydrogens (tertiary/aromatic N) is 2. The van der Waals surface area contributed by atoms with Gasteiger partial charge in [-0.05, 0) is 49.6 Å². The van der Waals surface area contributed by atoms with Gasteiger partial charge in [0, 0.05) is 30.5 Å². The summed E-state index contributed by atoms with van der Waals surface area (Å²) >= 11 is 1.66. The summed E-state index contributed by atoms with van der Waals surface area (Å²) < 4.78 is 5.53. The monoisotopic (exact) mass is 381 g/mol. The first-order valence-electron chi connectivity index (χ1n) is 9.36. The molecule has 2 aromatic carbocycles. The van der Waals surface area contributed by atoms with Crippen molar-refractivity contribution in [2.24, 2.45) is 0 Å². The van der Waals surface area contributed by atoms with Crippen LogP contribution in [0.15, 0.2) is 47.6 Å². The molecule has 1 aliphatic rings. The van der Waals surface area contributed by atoms with E-state index in [1.165, 1.54) is 5.56 Å². The molecule has 1 fully saturated rings. The minimum absolute atomic E-state index is 0.147. The maximum absolute atomic E-state index is 12.4. The summed E-state index contributed by atoms with van der Waals surface area (Å²) in [5, 5.41) is 0.885. The number of hydrogen-bond acceptors (Lipinski definition) is 4. The predicted molar refractivity (Wildman–Crippen MR) is 108 cm³/mol. The van der Waals surface area contributed by atoms with Gasteiger partial charge in [0.2, 0.25) is 0 Å². The molecule has 6 heteroatoms. The van der Waals surface area contributed by atoms with Crippen LogP contribution in [0.4, 0.5) is 0 Å². The van der Waals surface area contributed by atoms with E-state index in [4.69, 9.17) is 4.74 Å². The van der Waals surface area contributed by atoms with Crippen molar-refractivity contribution in [3.8, 4) is 5.75 Å². The van der Waals surface area contributed by atoms with E-state index in [1.54, 1.807) is 11.8 Å². The molecule has 1 N–H and O–H groups in total. The van der Waals surface area contributed by atoms with Crippen molar-refractivity contribution in [3.63, 3.8) is 0 Å². The van der Waals surface area contributed by atoms with E-state index in [9.17, 15) is 4.79 Å². The summed E-state index contributed by atoms with van der Waals surface area (Å²) in [5.41, 5.74) is 3.87. The Hall–Kier alpha value is -2.47. The Bertz CT molecular complexity index is 930. The molecule has 5 nitrogen and oxygen atoms in total. The first-order valence-corrected chi connectivity index (χ1v) is 10.3. The van der Waals surface area contributed by atoms with E-state index in [0.717, 1.165) is 59.2 Å². The van der Waals surface area contributed by atoms with Crippen molar-refractivity contribution in [1.82, 2.24) is 14.9 Å². The highest BCUT2D eigenvalue weighted by Crippen LogP contribution is 2.26. The first kappa shape index (κ1) is 17.9. The van der Waals surface area contributed by atoms with Gasteiger partial charge in [-0.25, -0.2) is 4.98 Å². The number of thioether (sulfide) groups is 1. The largest absolute Gasteiger partial charge is 0.494 e. The van der Waals surface area contributed by atoms with Crippen molar-refractivity contribution in [2.75, 3.05) is 19.7 Å². The number of benzene rings is 2. The number of carbonyl (C=O) groups excluding carboxylic acids is 1. The van der Waals surface area contributed by atoms with Gasteiger partial charge in [0.15, 0.2) is 5.16 Å². The second-order valence-corrected chi connectivity index (χ2v) is 7.60. The standard InChI is InChI=1S/C21H23N3O2S/c1-2-26-17-9-10-18-19(13-17)23-21(22-18)27-14-15-5-7-16(8-6-15)20(25)24-11-3-4-12-24/h5-10,13H,2-4,11-12,14H2,1H3,(H,22,23). The lowest BCUT2D eigenvalue weighted by Gasteiger charge is -2.15. The lowest BCUT2D eigenvalue weighted by Crippen LogP contribution is -2.27. The summed E-state index contributed by atoms with van der Waals surface area (Å²) in [4.78, 5) is 22.3. The number of carbonyl (C=O) groups is 1. The smallest absolute Gasteiger partial charge is 0.253 e. The third-order valence-electron chi connectivity index (χ3n) is 4.71. The SMILES string of the molecule is CCOc1ccc2nc(SCc3ccc(C(=O)N4CCCC4)cc3)[nH]c2c1.